The minimum Gasteiger partial charge on any atom is -0.457 e. The lowest BCUT2D eigenvalue weighted by atomic mass is 9.63. The minimum absolute atomic E-state index is 0.134. The van der Waals surface area contributed by atoms with Gasteiger partial charge in [0.1, 0.15) is 12.0 Å². The first kappa shape index (κ1) is 24.4. The summed E-state index contributed by atoms with van der Waals surface area (Å²) in [6, 6.07) is 0. The van der Waals surface area contributed by atoms with Crippen LogP contribution in [0.2, 0.25) is 0 Å². The Balaban J connectivity index is 1.81. The first-order valence-corrected chi connectivity index (χ1v) is 12.7. The molecule has 28 heavy (non-hydrogen) atoms. The maximum Gasteiger partial charge on any atom is 0.367 e. The predicted octanol–water partition coefficient (Wildman–Crippen LogP) is 5.82. The normalized spacial score (nSPS) is 33.5. The highest BCUT2D eigenvalue weighted by molar-refractivity contribution is 8.14. The molecule has 0 radical (unpaired) electrons. The molecular weight excluding hydrogens is 392 g/mol. The Morgan fingerprint density at radius 1 is 1.18 bits per heavy atom. The third kappa shape index (κ3) is 7.41. The molecule has 2 rings (SSSR count). The van der Waals surface area contributed by atoms with Crippen molar-refractivity contribution in [3.8, 4) is 0 Å². The van der Waals surface area contributed by atoms with Gasteiger partial charge in [0.2, 0.25) is 0 Å². The third-order valence-corrected chi connectivity index (χ3v) is 8.44. The average Bonchev–Trinajstić information content (AvgIpc) is 2.79. The zero-order chi connectivity index (χ0) is 20.9. The van der Waals surface area contributed by atoms with Gasteiger partial charge >= 0.3 is 5.30 Å². The monoisotopic (exact) mass is 432 g/mol. The van der Waals surface area contributed by atoms with E-state index in [1.807, 2.05) is 20.8 Å². The number of aliphatic hydroxyl groups excluding tert-OH is 1. The van der Waals surface area contributed by atoms with Crippen molar-refractivity contribution in [2.75, 3.05) is 19.0 Å². The van der Waals surface area contributed by atoms with Crippen molar-refractivity contribution in [2.24, 2.45) is 29.6 Å². The fourth-order valence-corrected chi connectivity index (χ4v) is 6.31. The number of hydrogen-bond acceptors (Lipinski definition) is 6. The van der Waals surface area contributed by atoms with Gasteiger partial charge in [0.25, 0.3) is 0 Å². The largest absolute Gasteiger partial charge is 0.457 e. The van der Waals surface area contributed by atoms with Crippen LogP contribution in [0.15, 0.2) is 0 Å². The maximum absolute atomic E-state index is 11.8. The Hall–Kier alpha value is 0.0900. The van der Waals surface area contributed by atoms with Crippen LogP contribution in [0.25, 0.3) is 0 Å². The number of ether oxygens (including phenoxy) is 2. The Morgan fingerprint density at radius 2 is 1.89 bits per heavy atom. The zero-order valence-corrected chi connectivity index (χ0v) is 20.1. The predicted molar refractivity (Wildman–Crippen MR) is 120 cm³/mol. The lowest BCUT2D eigenvalue weighted by Gasteiger charge is -2.44. The Kier molecular flexibility index (Phi) is 9.50. The molecule has 1 saturated carbocycles. The van der Waals surface area contributed by atoms with Crippen molar-refractivity contribution in [2.45, 2.75) is 83.5 Å². The highest BCUT2D eigenvalue weighted by atomic mass is 32.2. The van der Waals surface area contributed by atoms with Crippen LogP contribution < -0.4 is 0 Å². The molecule has 0 aromatic rings. The van der Waals surface area contributed by atoms with Crippen LogP contribution >= 0.6 is 23.5 Å². The van der Waals surface area contributed by atoms with Crippen LogP contribution in [0.5, 0.6) is 0 Å². The van der Waals surface area contributed by atoms with Crippen LogP contribution in [0, 0.1) is 29.6 Å². The molecule has 7 atom stereocenters. The molecule has 0 bridgehead atoms. The summed E-state index contributed by atoms with van der Waals surface area (Å²) in [5.74, 6) is 3.40. The highest BCUT2D eigenvalue weighted by Crippen LogP contribution is 2.47. The molecule has 6 heteroatoms. The van der Waals surface area contributed by atoms with E-state index in [0.29, 0.717) is 30.3 Å². The van der Waals surface area contributed by atoms with Crippen LogP contribution in [0.3, 0.4) is 0 Å². The van der Waals surface area contributed by atoms with Crippen molar-refractivity contribution in [1.29, 1.82) is 0 Å². The topological polar surface area (TPSA) is 55.8 Å². The number of aliphatic hydroxyl groups is 1. The molecule has 3 unspecified atom stereocenters. The number of hydrogen-bond donors (Lipinski definition) is 1. The van der Waals surface area contributed by atoms with E-state index in [4.69, 9.17) is 9.47 Å². The standard InChI is InChI=1S/C22H40O4S2/c1-14-7-9-18(19-13-26-15(2)8-10-17(14)19)16(3)20(23)27-12-11-25-21(24)28-22(4,5)6/h14-20,23H,7-13H2,1-6H3/t14-,15?,16?,17+,18+,19?,20+/m1/s1. The molecule has 164 valence electrons. The summed E-state index contributed by atoms with van der Waals surface area (Å²) < 4.78 is 11.3. The fraction of sp³-hybridized carbons (Fsp3) is 0.955. The first-order chi connectivity index (χ1) is 13.1. The van der Waals surface area contributed by atoms with Gasteiger partial charge in [-0.3, -0.25) is 0 Å². The van der Waals surface area contributed by atoms with Crippen LogP contribution in [-0.4, -0.2) is 45.7 Å². The van der Waals surface area contributed by atoms with Gasteiger partial charge in [0.15, 0.2) is 0 Å². The number of carbonyl (C=O) groups is 1. The fourth-order valence-electron chi connectivity index (χ4n) is 4.74. The number of thioether (sulfide) groups is 2. The Labute approximate surface area is 180 Å². The van der Waals surface area contributed by atoms with E-state index in [-0.39, 0.29) is 16.0 Å². The van der Waals surface area contributed by atoms with Crippen LogP contribution in [0.4, 0.5) is 4.79 Å². The number of carbonyl (C=O) groups excluding carboxylic acids is 1. The van der Waals surface area contributed by atoms with Crippen molar-refractivity contribution in [3.63, 3.8) is 0 Å². The van der Waals surface area contributed by atoms with Gasteiger partial charge in [-0.1, -0.05) is 41.0 Å². The summed E-state index contributed by atoms with van der Waals surface area (Å²) >= 11 is 2.72. The second kappa shape index (κ2) is 10.9. The first-order valence-electron chi connectivity index (χ1n) is 10.9. The minimum atomic E-state index is -0.422. The average molecular weight is 433 g/mol. The molecule has 0 aromatic heterocycles. The molecule has 0 amide bonds. The Morgan fingerprint density at radius 3 is 2.57 bits per heavy atom. The van der Waals surface area contributed by atoms with Gasteiger partial charge in [0.05, 0.1) is 12.7 Å². The summed E-state index contributed by atoms with van der Waals surface area (Å²) in [5, 5.41) is 10.5. The SMILES string of the molecule is CC1CC[C@@H]2C(CO1)[C@H](C(C)[C@@H](O)SCCOC(=O)SC(C)(C)C)CC[C@H]2C. The van der Waals surface area contributed by atoms with E-state index in [9.17, 15) is 9.90 Å². The van der Waals surface area contributed by atoms with Crippen LogP contribution in [0.1, 0.15) is 67.2 Å². The van der Waals surface area contributed by atoms with Gasteiger partial charge in [-0.25, -0.2) is 4.79 Å². The van der Waals surface area contributed by atoms with E-state index in [1.165, 1.54) is 42.8 Å². The smallest absolute Gasteiger partial charge is 0.367 e. The zero-order valence-electron chi connectivity index (χ0n) is 18.5. The van der Waals surface area contributed by atoms with Crippen molar-refractivity contribution < 1.29 is 19.4 Å². The molecular formula is C22H40O4S2. The molecule has 1 saturated heterocycles. The maximum atomic E-state index is 11.8. The van der Waals surface area contributed by atoms with Gasteiger partial charge < -0.3 is 14.6 Å². The summed E-state index contributed by atoms with van der Waals surface area (Å²) in [7, 11) is 0. The van der Waals surface area contributed by atoms with E-state index < -0.39 is 5.44 Å². The lowest BCUT2D eigenvalue weighted by molar-refractivity contribution is -0.0202. The highest BCUT2D eigenvalue weighted by Gasteiger charge is 2.42. The molecule has 1 aliphatic heterocycles. The quantitative estimate of drug-likeness (QED) is 0.324. The molecule has 4 nitrogen and oxygen atoms in total. The molecule has 1 aliphatic carbocycles. The molecule has 1 heterocycles. The summed E-state index contributed by atoms with van der Waals surface area (Å²) in [4.78, 5) is 11.8. The third-order valence-electron chi connectivity index (χ3n) is 6.37. The summed E-state index contributed by atoms with van der Waals surface area (Å²) in [5.41, 5.74) is -0.422. The van der Waals surface area contributed by atoms with Gasteiger partial charge in [-0.05, 0) is 67.5 Å². The second-order valence-electron chi connectivity index (χ2n) is 9.70. The molecule has 0 aromatic carbocycles. The van der Waals surface area contributed by atoms with Gasteiger partial charge in [-0.15, -0.1) is 11.8 Å². The van der Waals surface area contributed by atoms with Crippen LogP contribution in [-0.2, 0) is 9.47 Å². The van der Waals surface area contributed by atoms with Crippen molar-refractivity contribution in [1.82, 2.24) is 0 Å². The van der Waals surface area contributed by atoms with E-state index in [0.717, 1.165) is 24.9 Å². The van der Waals surface area contributed by atoms with E-state index in [1.54, 1.807) is 0 Å². The second-order valence-corrected chi connectivity index (χ2v) is 12.7. The van der Waals surface area contributed by atoms with E-state index in [2.05, 4.69) is 20.8 Å². The molecule has 0 spiro atoms. The van der Waals surface area contributed by atoms with Crippen molar-refractivity contribution >= 4 is 28.8 Å². The van der Waals surface area contributed by atoms with Gasteiger partial charge in [-0.2, -0.15) is 0 Å². The Bertz CT molecular complexity index is 493. The number of rotatable bonds is 6. The summed E-state index contributed by atoms with van der Waals surface area (Å²) in [6.45, 7) is 13.9. The molecule has 2 aliphatic rings. The van der Waals surface area contributed by atoms with E-state index >= 15 is 0 Å². The van der Waals surface area contributed by atoms with Crippen molar-refractivity contribution in [3.05, 3.63) is 0 Å². The number of fused-ring (bicyclic) bond motifs is 1. The lowest BCUT2D eigenvalue weighted by Crippen LogP contribution is -2.41. The van der Waals surface area contributed by atoms with Gasteiger partial charge in [0, 0.05) is 10.5 Å². The molecule has 2 fully saturated rings. The molecule has 1 N–H and O–H groups in total. The summed E-state index contributed by atoms with van der Waals surface area (Å²) in [6.07, 6.45) is 5.19.